The SMILES string of the molecule is CCCC/C=C/CC/C=C/C(O)C(CS(=O)(=O)O)NC(=O)CCCCCCCCCCC/C=C\CCCCCCCCCC. The maximum atomic E-state index is 12.4. The minimum atomic E-state index is -4.34. The van der Waals surface area contributed by atoms with Gasteiger partial charge in [0.2, 0.25) is 5.91 Å². The Bertz CT molecular complexity index is 837. The number of carbonyl (C=O) groups is 1. The molecule has 2 unspecified atom stereocenters. The average molecular weight is 640 g/mol. The highest BCUT2D eigenvalue weighted by Crippen LogP contribution is 2.13. The van der Waals surface area contributed by atoms with Crippen LogP contribution in [0, 0.1) is 0 Å². The third-order valence-electron chi connectivity index (χ3n) is 8.04. The molecule has 0 saturated heterocycles. The minimum absolute atomic E-state index is 0.285. The Kier molecular flexibility index (Phi) is 30.5. The van der Waals surface area contributed by atoms with Gasteiger partial charge in [0, 0.05) is 6.42 Å². The first-order valence-electron chi connectivity index (χ1n) is 18.2. The van der Waals surface area contributed by atoms with Crippen molar-refractivity contribution >= 4 is 16.0 Å². The van der Waals surface area contributed by atoms with Crippen LogP contribution in [-0.2, 0) is 14.9 Å². The quantitative estimate of drug-likeness (QED) is 0.0386. The van der Waals surface area contributed by atoms with Crippen LogP contribution in [-0.4, -0.2) is 41.9 Å². The number of allylic oxidation sites excluding steroid dienone is 5. The number of rotatable bonds is 32. The van der Waals surface area contributed by atoms with Crippen LogP contribution in [0.1, 0.15) is 174 Å². The van der Waals surface area contributed by atoms with E-state index in [0.717, 1.165) is 38.5 Å². The average Bonchev–Trinajstić information content (AvgIpc) is 2.98. The molecule has 0 spiro atoms. The van der Waals surface area contributed by atoms with Gasteiger partial charge in [0.05, 0.1) is 17.9 Å². The van der Waals surface area contributed by atoms with E-state index in [4.69, 9.17) is 0 Å². The van der Waals surface area contributed by atoms with E-state index >= 15 is 0 Å². The van der Waals surface area contributed by atoms with Crippen molar-refractivity contribution in [2.24, 2.45) is 0 Å². The predicted molar refractivity (Wildman–Crippen MR) is 189 cm³/mol. The van der Waals surface area contributed by atoms with Crippen LogP contribution < -0.4 is 5.32 Å². The number of hydrogen-bond acceptors (Lipinski definition) is 4. The number of hydrogen-bond donors (Lipinski definition) is 3. The van der Waals surface area contributed by atoms with Crippen LogP contribution in [0.15, 0.2) is 36.5 Å². The first-order valence-corrected chi connectivity index (χ1v) is 19.8. The highest BCUT2D eigenvalue weighted by molar-refractivity contribution is 7.85. The maximum Gasteiger partial charge on any atom is 0.267 e. The smallest absolute Gasteiger partial charge is 0.267 e. The molecule has 3 N–H and O–H groups in total. The molecule has 0 radical (unpaired) electrons. The molecule has 6 nitrogen and oxygen atoms in total. The zero-order valence-corrected chi connectivity index (χ0v) is 29.3. The molecule has 0 rings (SSSR count). The molecular weight excluding hydrogens is 570 g/mol. The van der Waals surface area contributed by atoms with Crippen molar-refractivity contribution in [2.75, 3.05) is 5.75 Å². The van der Waals surface area contributed by atoms with Gasteiger partial charge < -0.3 is 10.4 Å². The van der Waals surface area contributed by atoms with E-state index in [9.17, 15) is 22.9 Å². The Morgan fingerprint density at radius 1 is 0.591 bits per heavy atom. The fourth-order valence-corrected chi connectivity index (χ4v) is 6.00. The van der Waals surface area contributed by atoms with Gasteiger partial charge in [-0.2, -0.15) is 8.42 Å². The van der Waals surface area contributed by atoms with Crippen molar-refractivity contribution in [3.05, 3.63) is 36.5 Å². The molecule has 0 aliphatic carbocycles. The first-order chi connectivity index (χ1) is 21.3. The summed E-state index contributed by atoms with van der Waals surface area (Å²) in [6.45, 7) is 4.42. The van der Waals surface area contributed by atoms with E-state index in [2.05, 4.69) is 43.5 Å². The summed E-state index contributed by atoms with van der Waals surface area (Å²) in [7, 11) is -4.34. The molecular formula is C37H69NO5S. The third kappa shape index (κ3) is 32.0. The summed E-state index contributed by atoms with van der Waals surface area (Å²) in [6.07, 6.45) is 40.1. The van der Waals surface area contributed by atoms with E-state index < -0.39 is 28.0 Å². The second-order valence-electron chi connectivity index (χ2n) is 12.5. The lowest BCUT2D eigenvalue weighted by atomic mass is 10.0. The van der Waals surface area contributed by atoms with E-state index in [0.29, 0.717) is 6.42 Å². The van der Waals surface area contributed by atoms with Crippen molar-refractivity contribution in [3.8, 4) is 0 Å². The summed E-state index contributed by atoms with van der Waals surface area (Å²) in [4.78, 5) is 12.4. The Balaban J connectivity index is 3.85. The molecule has 0 fully saturated rings. The van der Waals surface area contributed by atoms with Gasteiger partial charge in [-0.3, -0.25) is 9.35 Å². The van der Waals surface area contributed by atoms with Crippen LogP contribution in [0.4, 0.5) is 0 Å². The minimum Gasteiger partial charge on any atom is -0.387 e. The molecule has 0 aromatic rings. The van der Waals surface area contributed by atoms with E-state index in [1.165, 1.54) is 115 Å². The monoisotopic (exact) mass is 639 g/mol. The van der Waals surface area contributed by atoms with Gasteiger partial charge in [0.1, 0.15) is 0 Å². The van der Waals surface area contributed by atoms with E-state index in [1.807, 2.05) is 0 Å². The van der Waals surface area contributed by atoms with Crippen molar-refractivity contribution in [3.63, 3.8) is 0 Å². The number of aliphatic hydroxyl groups is 1. The topological polar surface area (TPSA) is 104 Å². The molecule has 44 heavy (non-hydrogen) atoms. The van der Waals surface area contributed by atoms with Gasteiger partial charge in [-0.1, -0.05) is 153 Å². The van der Waals surface area contributed by atoms with Gasteiger partial charge in [-0.25, -0.2) is 0 Å². The zero-order valence-electron chi connectivity index (χ0n) is 28.5. The lowest BCUT2D eigenvalue weighted by molar-refractivity contribution is -0.122. The standard InChI is InChI=1S/C37H69NO5S/c1-3-5-7-9-11-13-14-15-16-17-18-19-20-21-22-23-24-25-27-29-31-33-37(40)38-35(34-44(41,42)43)36(39)32-30-28-26-12-10-8-6-4-2/h10,12,17-18,30,32,35-36,39H,3-9,11,13-16,19-29,31,33-34H2,1-2H3,(H,38,40)(H,41,42,43)/b12-10+,18-17-,32-30+. The number of aliphatic hydroxyl groups excluding tert-OH is 1. The highest BCUT2D eigenvalue weighted by atomic mass is 32.2. The number of amides is 1. The molecule has 258 valence electrons. The second kappa shape index (κ2) is 31.5. The fourth-order valence-electron chi connectivity index (χ4n) is 5.27. The highest BCUT2D eigenvalue weighted by Gasteiger charge is 2.24. The molecule has 7 heteroatoms. The zero-order chi connectivity index (χ0) is 32.6. The fraction of sp³-hybridized carbons (Fsp3) is 0.811. The summed E-state index contributed by atoms with van der Waals surface area (Å²) >= 11 is 0. The van der Waals surface area contributed by atoms with Crippen LogP contribution >= 0.6 is 0 Å². The van der Waals surface area contributed by atoms with Crippen molar-refractivity contribution in [1.82, 2.24) is 5.32 Å². The molecule has 0 aromatic carbocycles. The summed E-state index contributed by atoms with van der Waals surface area (Å²) in [5.74, 6) is -1.01. The van der Waals surface area contributed by atoms with Crippen LogP contribution in [0.25, 0.3) is 0 Å². The molecule has 0 aliphatic rings. The predicted octanol–water partition coefficient (Wildman–Crippen LogP) is 10.2. The Labute approximate surface area is 272 Å². The summed E-state index contributed by atoms with van der Waals surface area (Å²) in [6, 6.07) is -1.07. The molecule has 2 atom stereocenters. The number of unbranched alkanes of at least 4 members (excludes halogenated alkanes) is 20. The largest absolute Gasteiger partial charge is 0.387 e. The summed E-state index contributed by atoms with van der Waals surface area (Å²) < 4.78 is 32.2. The summed E-state index contributed by atoms with van der Waals surface area (Å²) in [5, 5.41) is 13.1. The lowest BCUT2D eigenvalue weighted by Gasteiger charge is -2.21. The lowest BCUT2D eigenvalue weighted by Crippen LogP contribution is -2.46. The maximum absolute atomic E-state index is 12.4. The molecule has 0 bridgehead atoms. The van der Waals surface area contributed by atoms with Crippen molar-refractivity contribution in [2.45, 2.75) is 187 Å². The van der Waals surface area contributed by atoms with Crippen LogP contribution in [0.5, 0.6) is 0 Å². The molecule has 0 heterocycles. The molecule has 0 saturated carbocycles. The normalized spacial score (nSPS) is 13.8. The van der Waals surface area contributed by atoms with Gasteiger partial charge in [-0.05, 0) is 51.4 Å². The van der Waals surface area contributed by atoms with Crippen LogP contribution in [0.2, 0.25) is 0 Å². The summed E-state index contributed by atoms with van der Waals surface area (Å²) in [5.41, 5.74) is 0. The van der Waals surface area contributed by atoms with Crippen molar-refractivity contribution < 1.29 is 22.9 Å². The van der Waals surface area contributed by atoms with Gasteiger partial charge in [-0.15, -0.1) is 0 Å². The van der Waals surface area contributed by atoms with Gasteiger partial charge in [0.15, 0.2) is 0 Å². The van der Waals surface area contributed by atoms with E-state index in [1.54, 1.807) is 6.08 Å². The number of nitrogens with one attached hydrogen (secondary N) is 1. The van der Waals surface area contributed by atoms with Gasteiger partial charge >= 0.3 is 0 Å². The Morgan fingerprint density at radius 3 is 1.50 bits per heavy atom. The number of carbonyl (C=O) groups excluding carboxylic acids is 1. The Hall–Kier alpha value is -1.44. The van der Waals surface area contributed by atoms with E-state index in [-0.39, 0.29) is 12.3 Å². The Morgan fingerprint density at radius 2 is 1.00 bits per heavy atom. The van der Waals surface area contributed by atoms with Gasteiger partial charge in [0.25, 0.3) is 10.1 Å². The molecule has 0 aromatic heterocycles. The third-order valence-corrected chi connectivity index (χ3v) is 8.82. The van der Waals surface area contributed by atoms with Crippen molar-refractivity contribution in [1.29, 1.82) is 0 Å². The second-order valence-corrected chi connectivity index (χ2v) is 14.0. The molecule has 0 aliphatic heterocycles. The first kappa shape index (κ1) is 42.6. The van der Waals surface area contributed by atoms with Crippen LogP contribution in [0.3, 0.4) is 0 Å². The molecule has 1 amide bonds.